The molecule has 0 bridgehead atoms. The van der Waals surface area contributed by atoms with Crippen LogP contribution in [0, 0.1) is 11.7 Å². The number of hydrogen-bond donors (Lipinski definition) is 2. The van der Waals surface area contributed by atoms with Gasteiger partial charge in [0.2, 0.25) is 15.9 Å². The SMILES string of the molecule is O=C(NCc1ccc(F)cc1)C1CCCN(S(=O)(=O)c2c[nH]c(C(=O)N3CCCC3)c2)C1. The Labute approximate surface area is 186 Å². The highest BCUT2D eigenvalue weighted by molar-refractivity contribution is 7.89. The molecule has 10 heteroatoms. The lowest BCUT2D eigenvalue weighted by atomic mass is 9.99. The number of rotatable bonds is 6. The van der Waals surface area contributed by atoms with E-state index in [1.165, 1.54) is 28.7 Å². The number of carbonyl (C=O) groups is 2. The summed E-state index contributed by atoms with van der Waals surface area (Å²) >= 11 is 0. The Bertz CT molecular complexity index is 1080. The molecule has 2 aliphatic rings. The summed E-state index contributed by atoms with van der Waals surface area (Å²) in [5.74, 6) is -1.24. The molecule has 0 radical (unpaired) electrons. The van der Waals surface area contributed by atoms with E-state index in [9.17, 15) is 22.4 Å². The van der Waals surface area contributed by atoms with E-state index in [0.717, 1.165) is 18.4 Å². The van der Waals surface area contributed by atoms with Crippen molar-refractivity contribution in [2.24, 2.45) is 5.92 Å². The number of aromatic amines is 1. The van der Waals surface area contributed by atoms with Crippen LogP contribution in [0.1, 0.15) is 41.7 Å². The van der Waals surface area contributed by atoms with Crippen LogP contribution < -0.4 is 5.32 Å². The zero-order valence-electron chi connectivity index (χ0n) is 17.7. The lowest BCUT2D eigenvalue weighted by Crippen LogP contribution is -2.45. The highest BCUT2D eigenvalue weighted by Crippen LogP contribution is 2.25. The van der Waals surface area contributed by atoms with Crippen LogP contribution in [0.5, 0.6) is 0 Å². The fraction of sp³-hybridized carbons (Fsp3) is 0.455. The summed E-state index contributed by atoms with van der Waals surface area (Å²) in [6, 6.07) is 7.24. The molecule has 1 aromatic heterocycles. The van der Waals surface area contributed by atoms with E-state index in [0.29, 0.717) is 32.5 Å². The minimum absolute atomic E-state index is 0.0346. The lowest BCUT2D eigenvalue weighted by molar-refractivity contribution is -0.126. The quantitative estimate of drug-likeness (QED) is 0.686. The summed E-state index contributed by atoms with van der Waals surface area (Å²) in [6.07, 6.45) is 4.41. The highest BCUT2D eigenvalue weighted by Gasteiger charge is 2.34. The second-order valence-corrected chi connectivity index (χ2v) is 10.2. The van der Waals surface area contributed by atoms with Gasteiger partial charge in [0.05, 0.1) is 5.92 Å². The molecule has 32 heavy (non-hydrogen) atoms. The van der Waals surface area contributed by atoms with E-state index in [2.05, 4.69) is 10.3 Å². The lowest BCUT2D eigenvalue weighted by Gasteiger charge is -2.31. The van der Waals surface area contributed by atoms with Gasteiger partial charge in [-0.25, -0.2) is 12.8 Å². The highest BCUT2D eigenvalue weighted by atomic mass is 32.2. The number of nitrogens with one attached hydrogen (secondary N) is 2. The minimum Gasteiger partial charge on any atom is -0.356 e. The summed E-state index contributed by atoms with van der Waals surface area (Å²) in [5.41, 5.74) is 1.03. The normalized spacial score (nSPS) is 19.8. The topological polar surface area (TPSA) is 103 Å². The van der Waals surface area contributed by atoms with E-state index in [-0.39, 0.29) is 41.3 Å². The molecule has 2 amide bonds. The van der Waals surface area contributed by atoms with Crippen molar-refractivity contribution in [3.63, 3.8) is 0 Å². The Morgan fingerprint density at radius 1 is 1.09 bits per heavy atom. The molecule has 1 aromatic carbocycles. The fourth-order valence-electron chi connectivity index (χ4n) is 4.20. The number of sulfonamides is 1. The molecule has 2 N–H and O–H groups in total. The molecule has 1 atom stereocenters. The number of benzene rings is 1. The molecule has 172 valence electrons. The smallest absolute Gasteiger partial charge is 0.270 e. The molecular weight excluding hydrogens is 435 g/mol. The van der Waals surface area contributed by atoms with Crippen molar-refractivity contribution >= 4 is 21.8 Å². The summed E-state index contributed by atoms with van der Waals surface area (Å²) in [4.78, 5) is 29.7. The van der Waals surface area contributed by atoms with Gasteiger partial charge in [-0.3, -0.25) is 9.59 Å². The number of amides is 2. The van der Waals surface area contributed by atoms with E-state index < -0.39 is 15.9 Å². The molecular formula is C22H27FN4O4S. The third-order valence-electron chi connectivity index (χ3n) is 6.05. The zero-order valence-corrected chi connectivity index (χ0v) is 18.5. The van der Waals surface area contributed by atoms with Crippen LogP contribution in [-0.2, 0) is 21.4 Å². The summed E-state index contributed by atoms with van der Waals surface area (Å²) < 4.78 is 40.6. The Balaban J connectivity index is 1.39. The predicted octanol–water partition coefficient (Wildman–Crippen LogP) is 2.11. The minimum atomic E-state index is -3.83. The first-order valence-electron chi connectivity index (χ1n) is 10.8. The van der Waals surface area contributed by atoms with Crippen molar-refractivity contribution in [3.05, 3.63) is 53.6 Å². The zero-order chi connectivity index (χ0) is 22.7. The van der Waals surface area contributed by atoms with Gasteiger partial charge in [-0.2, -0.15) is 4.31 Å². The third-order valence-corrected chi connectivity index (χ3v) is 7.90. The molecule has 8 nitrogen and oxygen atoms in total. The maximum absolute atomic E-state index is 13.1. The Kier molecular flexibility index (Phi) is 6.61. The van der Waals surface area contributed by atoms with Crippen molar-refractivity contribution in [1.82, 2.24) is 19.5 Å². The molecule has 0 aliphatic carbocycles. The summed E-state index contributed by atoms with van der Waals surface area (Å²) in [5, 5.41) is 2.81. The number of nitrogens with zero attached hydrogens (tertiary/aromatic N) is 2. The van der Waals surface area contributed by atoms with Crippen molar-refractivity contribution in [2.45, 2.75) is 37.1 Å². The number of carbonyl (C=O) groups excluding carboxylic acids is 2. The van der Waals surface area contributed by atoms with E-state index >= 15 is 0 Å². The number of H-pyrrole nitrogens is 1. The Hall–Kier alpha value is -2.72. The molecule has 0 saturated carbocycles. The molecule has 2 fully saturated rings. The first-order valence-corrected chi connectivity index (χ1v) is 12.3. The summed E-state index contributed by atoms with van der Waals surface area (Å²) in [7, 11) is -3.83. The molecule has 3 heterocycles. The number of aromatic nitrogens is 1. The predicted molar refractivity (Wildman–Crippen MR) is 116 cm³/mol. The second kappa shape index (κ2) is 9.41. The van der Waals surface area contributed by atoms with Gasteiger partial charge >= 0.3 is 0 Å². The van der Waals surface area contributed by atoms with Gasteiger partial charge in [0, 0.05) is 38.9 Å². The van der Waals surface area contributed by atoms with Crippen LogP contribution in [0.25, 0.3) is 0 Å². The van der Waals surface area contributed by atoms with Gasteiger partial charge in [-0.15, -0.1) is 0 Å². The van der Waals surface area contributed by atoms with E-state index in [1.807, 2.05) is 0 Å². The van der Waals surface area contributed by atoms with Crippen molar-refractivity contribution in [3.8, 4) is 0 Å². The van der Waals surface area contributed by atoms with E-state index in [1.54, 1.807) is 17.0 Å². The van der Waals surface area contributed by atoms with Crippen LogP contribution >= 0.6 is 0 Å². The maximum Gasteiger partial charge on any atom is 0.270 e. The fourth-order valence-corrected chi connectivity index (χ4v) is 5.72. The maximum atomic E-state index is 13.1. The Morgan fingerprint density at radius 2 is 1.81 bits per heavy atom. The molecule has 1 unspecified atom stereocenters. The van der Waals surface area contributed by atoms with Crippen molar-refractivity contribution < 1.29 is 22.4 Å². The van der Waals surface area contributed by atoms with Crippen LogP contribution in [0.4, 0.5) is 4.39 Å². The first-order chi connectivity index (χ1) is 15.3. The van der Waals surface area contributed by atoms with Gasteiger partial charge in [0.15, 0.2) is 0 Å². The standard InChI is InChI=1S/C22H27FN4O4S/c23-18-7-5-16(6-8-18)13-25-21(28)17-4-3-11-27(15-17)32(30,31)19-12-20(24-14-19)22(29)26-9-1-2-10-26/h5-8,12,14,17,24H,1-4,9-11,13,15H2,(H,25,28). The average molecular weight is 463 g/mol. The number of hydrogen-bond acceptors (Lipinski definition) is 4. The van der Waals surface area contributed by atoms with Crippen LogP contribution in [0.3, 0.4) is 0 Å². The van der Waals surface area contributed by atoms with Crippen LogP contribution in [-0.4, -0.2) is 60.6 Å². The third kappa shape index (κ3) is 4.86. The molecule has 4 rings (SSSR count). The van der Waals surface area contributed by atoms with Gasteiger partial charge in [-0.05, 0) is 49.4 Å². The number of halogens is 1. The van der Waals surface area contributed by atoms with Crippen LogP contribution in [0.2, 0.25) is 0 Å². The van der Waals surface area contributed by atoms with Gasteiger partial charge in [0.25, 0.3) is 5.91 Å². The Morgan fingerprint density at radius 3 is 2.53 bits per heavy atom. The van der Waals surface area contributed by atoms with Gasteiger partial charge in [-0.1, -0.05) is 12.1 Å². The number of likely N-dealkylation sites (tertiary alicyclic amines) is 1. The second-order valence-electron chi connectivity index (χ2n) is 8.29. The average Bonchev–Trinajstić information content (AvgIpc) is 3.51. The molecule has 0 spiro atoms. The summed E-state index contributed by atoms with van der Waals surface area (Å²) in [6.45, 7) is 2.02. The van der Waals surface area contributed by atoms with Crippen LogP contribution in [0.15, 0.2) is 41.4 Å². The van der Waals surface area contributed by atoms with Gasteiger partial charge < -0.3 is 15.2 Å². The van der Waals surface area contributed by atoms with E-state index in [4.69, 9.17) is 0 Å². The molecule has 2 saturated heterocycles. The molecule has 2 aromatic rings. The van der Waals surface area contributed by atoms with Gasteiger partial charge in [0.1, 0.15) is 16.4 Å². The van der Waals surface area contributed by atoms with Crippen molar-refractivity contribution in [1.29, 1.82) is 0 Å². The molecule has 2 aliphatic heterocycles. The monoisotopic (exact) mass is 462 g/mol. The largest absolute Gasteiger partial charge is 0.356 e. The first kappa shape index (κ1) is 22.5. The number of piperidine rings is 1. The van der Waals surface area contributed by atoms with Crippen molar-refractivity contribution in [2.75, 3.05) is 26.2 Å².